The highest BCUT2D eigenvalue weighted by Gasteiger charge is 2.29. The molecule has 22 heavy (non-hydrogen) atoms. The van der Waals surface area contributed by atoms with Crippen molar-refractivity contribution in [3.63, 3.8) is 0 Å². The van der Waals surface area contributed by atoms with Gasteiger partial charge in [-0.05, 0) is 46.2 Å². The Balaban J connectivity index is 1.65. The van der Waals surface area contributed by atoms with Crippen LogP contribution >= 0.6 is 0 Å². The van der Waals surface area contributed by atoms with Crippen LogP contribution in [0.5, 0.6) is 0 Å². The lowest BCUT2D eigenvalue weighted by Gasteiger charge is -2.33. The van der Waals surface area contributed by atoms with Gasteiger partial charge in [0.05, 0.1) is 12.7 Å². The molecule has 0 unspecified atom stereocenters. The molecule has 0 bridgehead atoms. The summed E-state index contributed by atoms with van der Waals surface area (Å²) in [5.41, 5.74) is 2.95. The minimum atomic E-state index is 0.0672. The van der Waals surface area contributed by atoms with Gasteiger partial charge in [0.1, 0.15) is 0 Å². The lowest BCUT2D eigenvalue weighted by atomic mass is 9.95. The number of rotatable bonds is 4. The van der Waals surface area contributed by atoms with Crippen molar-refractivity contribution in [1.82, 2.24) is 20.0 Å². The van der Waals surface area contributed by atoms with Crippen LogP contribution in [-0.4, -0.2) is 72.3 Å². The molecule has 1 saturated heterocycles. The predicted molar refractivity (Wildman–Crippen MR) is 84.0 cm³/mol. The fraction of sp³-hybridized carbons (Fsp3) is 0.750. The molecule has 122 valence electrons. The topological polar surface area (TPSA) is 61.5 Å². The summed E-state index contributed by atoms with van der Waals surface area (Å²) in [5, 5.41) is 7.37. The molecule has 1 amide bonds. The molecular formula is C16H26N4O2. The van der Waals surface area contributed by atoms with Crippen molar-refractivity contribution >= 4 is 5.91 Å². The fourth-order valence-electron chi connectivity index (χ4n) is 3.29. The van der Waals surface area contributed by atoms with E-state index in [2.05, 4.69) is 29.2 Å². The lowest BCUT2D eigenvalue weighted by molar-refractivity contribution is -0.0271. The Bertz CT molecular complexity index is 526. The molecular weight excluding hydrogens is 280 g/mol. The summed E-state index contributed by atoms with van der Waals surface area (Å²) in [7, 11) is 4.11. The first-order valence-electron chi connectivity index (χ1n) is 8.27. The average Bonchev–Trinajstić information content (AvgIpc) is 2.96. The molecule has 1 aromatic rings. The number of fused-ring (bicyclic) bond motifs is 1. The Hall–Kier alpha value is -1.40. The van der Waals surface area contributed by atoms with E-state index in [4.69, 9.17) is 4.74 Å². The summed E-state index contributed by atoms with van der Waals surface area (Å²) in [4.78, 5) is 16.9. The lowest BCUT2D eigenvalue weighted by Crippen LogP contribution is -2.46. The van der Waals surface area contributed by atoms with E-state index in [1.807, 2.05) is 4.90 Å². The molecule has 6 heteroatoms. The highest BCUT2D eigenvalue weighted by Crippen LogP contribution is 2.23. The van der Waals surface area contributed by atoms with Gasteiger partial charge in [0.25, 0.3) is 5.91 Å². The Morgan fingerprint density at radius 3 is 3.05 bits per heavy atom. The van der Waals surface area contributed by atoms with Crippen LogP contribution in [-0.2, 0) is 17.6 Å². The van der Waals surface area contributed by atoms with Gasteiger partial charge in [-0.15, -0.1) is 0 Å². The molecule has 1 N–H and O–H groups in total. The van der Waals surface area contributed by atoms with Gasteiger partial charge in [-0.3, -0.25) is 9.89 Å². The summed E-state index contributed by atoms with van der Waals surface area (Å²) in [5.74, 6) is 0.0672. The Morgan fingerprint density at radius 1 is 1.41 bits per heavy atom. The predicted octanol–water partition coefficient (Wildman–Crippen LogP) is 1.08. The molecule has 1 aliphatic carbocycles. The van der Waals surface area contributed by atoms with Gasteiger partial charge in [0.15, 0.2) is 5.69 Å². The van der Waals surface area contributed by atoms with Gasteiger partial charge in [0.2, 0.25) is 0 Å². The highest BCUT2D eigenvalue weighted by molar-refractivity contribution is 5.94. The molecule has 2 heterocycles. The van der Waals surface area contributed by atoms with Crippen LogP contribution in [0.25, 0.3) is 0 Å². The number of aromatic amines is 1. The first kappa shape index (κ1) is 15.5. The molecule has 0 aromatic carbocycles. The molecule has 1 fully saturated rings. The van der Waals surface area contributed by atoms with Crippen LogP contribution in [0.1, 0.15) is 41.0 Å². The summed E-state index contributed by atoms with van der Waals surface area (Å²) in [6.07, 6.45) is 5.42. The van der Waals surface area contributed by atoms with Crippen molar-refractivity contribution in [2.75, 3.05) is 40.3 Å². The number of amides is 1. The third-order valence-electron chi connectivity index (χ3n) is 4.58. The van der Waals surface area contributed by atoms with E-state index in [1.54, 1.807) is 0 Å². The van der Waals surface area contributed by atoms with Gasteiger partial charge in [-0.1, -0.05) is 0 Å². The Morgan fingerprint density at radius 2 is 2.23 bits per heavy atom. The largest absolute Gasteiger partial charge is 0.374 e. The van der Waals surface area contributed by atoms with Gasteiger partial charge >= 0.3 is 0 Å². The van der Waals surface area contributed by atoms with Crippen LogP contribution in [0.3, 0.4) is 0 Å². The number of nitrogens with one attached hydrogen (secondary N) is 1. The van der Waals surface area contributed by atoms with Crippen LogP contribution in [0.2, 0.25) is 0 Å². The number of morpholine rings is 1. The van der Waals surface area contributed by atoms with Crippen molar-refractivity contribution < 1.29 is 9.53 Å². The maximum Gasteiger partial charge on any atom is 0.274 e. The molecule has 1 aliphatic heterocycles. The zero-order valence-electron chi connectivity index (χ0n) is 13.6. The molecule has 2 aliphatic rings. The number of H-pyrrole nitrogens is 1. The second-order valence-corrected chi connectivity index (χ2v) is 6.57. The van der Waals surface area contributed by atoms with Crippen LogP contribution < -0.4 is 0 Å². The van der Waals surface area contributed by atoms with Crippen molar-refractivity contribution in [2.45, 2.75) is 38.2 Å². The number of hydrogen-bond acceptors (Lipinski definition) is 4. The second-order valence-electron chi connectivity index (χ2n) is 6.57. The van der Waals surface area contributed by atoms with Crippen molar-refractivity contribution in [3.8, 4) is 0 Å². The van der Waals surface area contributed by atoms with Gasteiger partial charge < -0.3 is 14.5 Å². The van der Waals surface area contributed by atoms with E-state index in [-0.39, 0.29) is 12.0 Å². The number of nitrogens with zero attached hydrogens (tertiary/aromatic N) is 3. The zero-order chi connectivity index (χ0) is 15.5. The van der Waals surface area contributed by atoms with E-state index < -0.39 is 0 Å². The van der Waals surface area contributed by atoms with Gasteiger partial charge in [-0.2, -0.15) is 5.10 Å². The molecule has 0 radical (unpaired) electrons. The van der Waals surface area contributed by atoms with Gasteiger partial charge in [-0.25, -0.2) is 0 Å². The van der Waals surface area contributed by atoms with Crippen molar-refractivity contribution in [1.29, 1.82) is 0 Å². The Kier molecular flexibility index (Phi) is 4.78. The first-order chi connectivity index (χ1) is 10.6. The normalized spacial score (nSPS) is 22.0. The molecule has 1 aromatic heterocycles. The number of hydrogen-bond donors (Lipinski definition) is 1. The van der Waals surface area contributed by atoms with Crippen LogP contribution in [0.15, 0.2) is 0 Å². The van der Waals surface area contributed by atoms with Crippen molar-refractivity contribution in [2.24, 2.45) is 0 Å². The van der Waals surface area contributed by atoms with E-state index in [1.165, 1.54) is 6.42 Å². The average molecular weight is 306 g/mol. The van der Waals surface area contributed by atoms with Crippen LogP contribution in [0, 0.1) is 0 Å². The van der Waals surface area contributed by atoms with E-state index in [0.717, 1.165) is 43.5 Å². The van der Waals surface area contributed by atoms with E-state index in [0.29, 0.717) is 25.4 Å². The fourth-order valence-corrected chi connectivity index (χ4v) is 3.29. The highest BCUT2D eigenvalue weighted by atomic mass is 16.5. The maximum absolute atomic E-state index is 12.8. The molecule has 0 saturated carbocycles. The molecule has 1 atom stereocenters. The minimum Gasteiger partial charge on any atom is -0.374 e. The number of ether oxygens (including phenoxy) is 1. The number of carbonyl (C=O) groups excluding carboxylic acids is 1. The zero-order valence-corrected chi connectivity index (χ0v) is 13.6. The Labute approximate surface area is 131 Å². The SMILES string of the molecule is CN(C)CC[C@@H]1CN(C(=O)c2n[nH]c3c2CCCC3)CCO1. The summed E-state index contributed by atoms with van der Waals surface area (Å²) < 4.78 is 5.79. The summed E-state index contributed by atoms with van der Waals surface area (Å²) >= 11 is 0. The molecule has 0 spiro atoms. The third-order valence-corrected chi connectivity index (χ3v) is 4.58. The first-order valence-corrected chi connectivity index (χ1v) is 8.27. The van der Waals surface area contributed by atoms with Crippen LogP contribution in [0.4, 0.5) is 0 Å². The third kappa shape index (κ3) is 3.33. The number of aryl methyl sites for hydroxylation is 1. The van der Waals surface area contributed by atoms with E-state index in [9.17, 15) is 4.79 Å². The summed E-state index contributed by atoms with van der Waals surface area (Å²) in [6, 6.07) is 0. The maximum atomic E-state index is 12.8. The molecule has 6 nitrogen and oxygen atoms in total. The molecule has 3 rings (SSSR count). The van der Waals surface area contributed by atoms with Crippen molar-refractivity contribution in [3.05, 3.63) is 17.0 Å². The standard InChI is InChI=1S/C16H26N4O2/c1-19(2)8-7-12-11-20(9-10-22-12)16(21)15-13-5-3-4-6-14(13)17-18-15/h12H,3-11H2,1-2H3,(H,17,18)/t12-/m1/s1. The quantitative estimate of drug-likeness (QED) is 0.904. The summed E-state index contributed by atoms with van der Waals surface area (Å²) in [6.45, 7) is 2.94. The number of carbonyl (C=O) groups is 1. The smallest absolute Gasteiger partial charge is 0.274 e. The minimum absolute atomic E-state index is 0.0672. The monoisotopic (exact) mass is 306 g/mol. The van der Waals surface area contributed by atoms with E-state index >= 15 is 0 Å². The number of aromatic nitrogens is 2. The van der Waals surface area contributed by atoms with Gasteiger partial charge in [0, 0.05) is 30.9 Å². The second kappa shape index (κ2) is 6.79.